The summed E-state index contributed by atoms with van der Waals surface area (Å²) in [7, 11) is 1.59. The van der Waals surface area contributed by atoms with Gasteiger partial charge in [-0.3, -0.25) is 4.90 Å². The van der Waals surface area contributed by atoms with Crippen LogP contribution in [0, 0.1) is 0 Å². The van der Waals surface area contributed by atoms with E-state index in [0.29, 0.717) is 18.1 Å². The van der Waals surface area contributed by atoms with Crippen molar-refractivity contribution in [3.05, 3.63) is 53.6 Å². The van der Waals surface area contributed by atoms with E-state index < -0.39 is 6.36 Å². The molecule has 0 spiro atoms. The number of rotatable bonds is 7. The molecule has 0 aliphatic carbocycles. The van der Waals surface area contributed by atoms with Crippen LogP contribution in [0.5, 0.6) is 17.2 Å². The first-order chi connectivity index (χ1) is 13.9. The molecule has 1 fully saturated rings. The summed E-state index contributed by atoms with van der Waals surface area (Å²) in [6.45, 7) is 5.74. The second-order valence-electron chi connectivity index (χ2n) is 6.65. The number of methoxy groups -OCH3 is 1. The number of halogens is 5. The van der Waals surface area contributed by atoms with Gasteiger partial charge in [0, 0.05) is 26.2 Å². The highest BCUT2D eigenvalue weighted by atomic mass is 35.5. The second kappa shape index (κ2) is 12.2. The molecule has 0 bridgehead atoms. The summed E-state index contributed by atoms with van der Waals surface area (Å²) in [6, 6.07) is 11.7. The lowest BCUT2D eigenvalue weighted by Crippen LogP contribution is -2.45. The van der Waals surface area contributed by atoms with Crippen LogP contribution in [0.1, 0.15) is 24.1 Å². The van der Waals surface area contributed by atoms with E-state index in [4.69, 9.17) is 9.47 Å². The van der Waals surface area contributed by atoms with Crippen LogP contribution in [0.4, 0.5) is 13.2 Å². The average molecular weight is 483 g/mol. The smallest absolute Gasteiger partial charge is 0.493 e. The van der Waals surface area contributed by atoms with Crippen molar-refractivity contribution in [3.8, 4) is 17.2 Å². The summed E-state index contributed by atoms with van der Waals surface area (Å²) in [5.41, 5.74) is 1.87. The monoisotopic (exact) mass is 482 g/mol. The minimum absolute atomic E-state index is 0. The highest BCUT2D eigenvalue weighted by Crippen LogP contribution is 2.36. The summed E-state index contributed by atoms with van der Waals surface area (Å²) in [6.07, 6.45) is -4.71. The zero-order chi connectivity index (χ0) is 20.9. The Labute approximate surface area is 192 Å². The molecule has 1 heterocycles. The first-order valence-electron chi connectivity index (χ1n) is 9.52. The number of hydrogen-bond donors (Lipinski definition) is 1. The fourth-order valence-electron chi connectivity index (χ4n) is 3.54. The van der Waals surface area contributed by atoms with Crippen LogP contribution in [0.2, 0.25) is 0 Å². The lowest BCUT2D eigenvalue weighted by Gasteiger charge is -2.36. The molecule has 2 aromatic carbocycles. The van der Waals surface area contributed by atoms with E-state index in [9.17, 15) is 13.2 Å². The molecule has 0 unspecified atom stereocenters. The minimum Gasteiger partial charge on any atom is -0.493 e. The van der Waals surface area contributed by atoms with E-state index in [-0.39, 0.29) is 36.6 Å². The predicted octanol–water partition coefficient (Wildman–Crippen LogP) is 4.83. The largest absolute Gasteiger partial charge is 0.573 e. The number of piperazine rings is 1. The van der Waals surface area contributed by atoms with Gasteiger partial charge in [0.2, 0.25) is 0 Å². The van der Waals surface area contributed by atoms with Crippen molar-refractivity contribution < 1.29 is 27.4 Å². The predicted molar refractivity (Wildman–Crippen MR) is 118 cm³/mol. The Hall–Kier alpha value is -1.87. The molecular weight excluding hydrogens is 456 g/mol. The molecule has 0 radical (unpaired) electrons. The van der Waals surface area contributed by atoms with E-state index in [1.165, 1.54) is 12.1 Å². The molecule has 31 heavy (non-hydrogen) atoms. The molecule has 1 aliphatic heterocycles. The maximum absolute atomic E-state index is 12.5. The van der Waals surface area contributed by atoms with Gasteiger partial charge in [0.1, 0.15) is 5.75 Å². The van der Waals surface area contributed by atoms with Gasteiger partial charge in [-0.05, 0) is 42.3 Å². The number of nitrogens with one attached hydrogen (secondary N) is 1. The summed E-state index contributed by atoms with van der Waals surface area (Å²) in [5, 5.41) is 3.33. The van der Waals surface area contributed by atoms with Gasteiger partial charge < -0.3 is 19.5 Å². The van der Waals surface area contributed by atoms with Crippen molar-refractivity contribution in [3.63, 3.8) is 0 Å². The molecule has 5 nitrogen and oxygen atoms in total. The Morgan fingerprint density at radius 2 is 1.58 bits per heavy atom. The van der Waals surface area contributed by atoms with E-state index in [1.807, 2.05) is 25.1 Å². The van der Waals surface area contributed by atoms with Gasteiger partial charge in [0.25, 0.3) is 0 Å². The standard InChI is InChI=1S/C21H25F3N2O3.2ClH/c1-3-28-19-14-16(6-9-18(19)27-2)20(26-12-10-25-11-13-26)15-4-7-17(8-5-15)29-21(22,23)24;;/h4-9,14,20,25H,3,10-13H2,1-2H3;2*1H/t20-;;/m1../s1. The van der Waals surface area contributed by atoms with Gasteiger partial charge in [-0.25, -0.2) is 0 Å². The van der Waals surface area contributed by atoms with E-state index in [2.05, 4.69) is 15.0 Å². The lowest BCUT2D eigenvalue weighted by molar-refractivity contribution is -0.274. The summed E-state index contributed by atoms with van der Waals surface area (Å²) in [5.74, 6) is 1.05. The Morgan fingerprint density at radius 1 is 0.968 bits per heavy atom. The summed E-state index contributed by atoms with van der Waals surface area (Å²) < 4.78 is 52.5. The summed E-state index contributed by atoms with van der Waals surface area (Å²) in [4.78, 5) is 2.30. The molecule has 1 N–H and O–H groups in total. The van der Waals surface area contributed by atoms with Crippen molar-refractivity contribution >= 4 is 24.8 Å². The van der Waals surface area contributed by atoms with Crippen LogP contribution >= 0.6 is 24.8 Å². The van der Waals surface area contributed by atoms with Crippen LogP contribution in [0.25, 0.3) is 0 Å². The van der Waals surface area contributed by atoms with Crippen LogP contribution < -0.4 is 19.5 Å². The molecular formula is C21H27Cl2F3N2O3. The molecule has 10 heteroatoms. The summed E-state index contributed by atoms with van der Waals surface area (Å²) >= 11 is 0. The van der Waals surface area contributed by atoms with Crippen LogP contribution in [0.15, 0.2) is 42.5 Å². The quantitative estimate of drug-likeness (QED) is 0.611. The SMILES string of the molecule is CCOc1cc([C@@H](c2ccc(OC(F)(F)F)cc2)N2CCNCC2)ccc1OC.Cl.Cl. The zero-order valence-electron chi connectivity index (χ0n) is 17.3. The van der Waals surface area contributed by atoms with Crippen LogP contribution in [0.3, 0.4) is 0 Å². The third-order valence-electron chi connectivity index (χ3n) is 4.75. The maximum Gasteiger partial charge on any atom is 0.573 e. The first-order valence-corrected chi connectivity index (χ1v) is 9.52. The third-order valence-corrected chi connectivity index (χ3v) is 4.75. The molecule has 0 saturated carbocycles. The maximum atomic E-state index is 12.5. The van der Waals surface area contributed by atoms with Gasteiger partial charge in [0.05, 0.1) is 19.8 Å². The molecule has 174 valence electrons. The number of alkyl halides is 3. The molecule has 1 saturated heterocycles. The Morgan fingerprint density at radius 3 is 2.13 bits per heavy atom. The zero-order valence-corrected chi connectivity index (χ0v) is 18.9. The molecule has 1 atom stereocenters. The average Bonchev–Trinajstić information content (AvgIpc) is 2.70. The highest BCUT2D eigenvalue weighted by Gasteiger charge is 2.31. The topological polar surface area (TPSA) is 43.0 Å². The van der Waals surface area contributed by atoms with E-state index in [1.54, 1.807) is 19.2 Å². The van der Waals surface area contributed by atoms with Crippen molar-refractivity contribution in [2.45, 2.75) is 19.3 Å². The van der Waals surface area contributed by atoms with Gasteiger partial charge >= 0.3 is 6.36 Å². The number of nitrogens with zero attached hydrogens (tertiary/aromatic N) is 1. The highest BCUT2D eigenvalue weighted by molar-refractivity contribution is 5.85. The minimum atomic E-state index is -4.71. The molecule has 0 aromatic heterocycles. The fourth-order valence-corrected chi connectivity index (χ4v) is 3.54. The van der Waals surface area contributed by atoms with Crippen molar-refractivity contribution in [2.75, 3.05) is 39.9 Å². The van der Waals surface area contributed by atoms with Gasteiger partial charge in [-0.2, -0.15) is 0 Å². The van der Waals surface area contributed by atoms with Crippen LogP contribution in [-0.2, 0) is 0 Å². The molecule has 2 aromatic rings. The molecule has 1 aliphatic rings. The number of ether oxygens (including phenoxy) is 3. The van der Waals surface area contributed by atoms with E-state index >= 15 is 0 Å². The Balaban J connectivity index is 0.00000240. The third kappa shape index (κ3) is 7.35. The van der Waals surface area contributed by atoms with Crippen molar-refractivity contribution in [2.24, 2.45) is 0 Å². The normalized spacial score (nSPS) is 15.3. The van der Waals surface area contributed by atoms with Crippen molar-refractivity contribution in [1.82, 2.24) is 10.2 Å². The Bertz CT molecular complexity index is 801. The van der Waals surface area contributed by atoms with Crippen molar-refractivity contribution in [1.29, 1.82) is 0 Å². The first kappa shape index (κ1) is 27.2. The second-order valence-corrected chi connectivity index (χ2v) is 6.65. The number of benzene rings is 2. The lowest BCUT2D eigenvalue weighted by atomic mass is 9.96. The number of hydrogen-bond acceptors (Lipinski definition) is 5. The van der Waals surface area contributed by atoms with Crippen LogP contribution in [-0.4, -0.2) is 51.2 Å². The van der Waals surface area contributed by atoms with Gasteiger partial charge in [-0.15, -0.1) is 38.0 Å². The van der Waals surface area contributed by atoms with Gasteiger partial charge in [-0.1, -0.05) is 18.2 Å². The van der Waals surface area contributed by atoms with E-state index in [0.717, 1.165) is 37.3 Å². The Kier molecular flexibility index (Phi) is 10.7. The van der Waals surface area contributed by atoms with Gasteiger partial charge in [0.15, 0.2) is 11.5 Å². The molecule has 3 rings (SSSR count). The molecule has 0 amide bonds. The fraction of sp³-hybridized carbons (Fsp3) is 0.429.